The number of esters is 1. The molecule has 0 amide bonds. The molecule has 0 aliphatic carbocycles. The van der Waals surface area contributed by atoms with E-state index in [-0.39, 0.29) is 12.4 Å². The zero-order valence-corrected chi connectivity index (χ0v) is 19.4. The standard InChI is InChI=1S/C24H20N2O7S/c1-28-18-13-16(14-19(29-2)21(18)30-3)22-25-26-24(33-22)34-11-7-6-10-31-23(27)20-12-15-8-4-5-9-17(15)32-20/h4-5,8-9,12-14H,10-11H2,1-3H3. The Morgan fingerprint density at radius 2 is 1.74 bits per heavy atom. The first-order chi connectivity index (χ1) is 16.6. The Hall–Kier alpha value is -4.10. The summed E-state index contributed by atoms with van der Waals surface area (Å²) in [5.41, 5.74) is 1.25. The third-order valence-corrected chi connectivity index (χ3v) is 5.31. The number of rotatable bonds is 8. The SMILES string of the molecule is COc1cc(-c2nnc(SCC#CCOC(=O)c3cc4ccccc4o3)o2)cc(OC)c1OC. The van der Waals surface area contributed by atoms with Crippen molar-refractivity contribution in [2.24, 2.45) is 0 Å². The van der Waals surface area contributed by atoms with Gasteiger partial charge in [0.25, 0.3) is 5.22 Å². The number of furan rings is 1. The summed E-state index contributed by atoms with van der Waals surface area (Å²) in [4.78, 5) is 12.1. The van der Waals surface area contributed by atoms with Crippen molar-refractivity contribution in [2.75, 3.05) is 33.7 Å². The summed E-state index contributed by atoms with van der Waals surface area (Å²) < 4.78 is 32.3. The quantitative estimate of drug-likeness (QED) is 0.204. The molecule has 0 unspecified atom stereocenters. The monoisotopic (exact) mass is 480 g/mol. The first-order valence-corrected chi connectivity index (χ1v) is 11.0. The van der Waals surface area contributed by atoms with Gasteiger partial charge < -0.3 is 27.8 Å². The fraction of sp³-hybridized carbons (Fsp3) is 0.208. The van der Waals surface area contributed by atoms with E-state index in [2.05, 4.69) is 22.0 Å². The highest BCUT2D eigenvalue weighted by molar-refractivity contribution is 7.99. The van der Waals surface area contributed by atoms with Gasteiger partial charge >= 0.3 is 5.97 Å². The van der Waals surface area contributed by atoms with Gasteiger partial charge in [-0.25, -0.2) is 4.79 Å². The van der Waals surface area contributed by atoms with Crippen LogP contribution in [0.1, 0.15) is 10.6 Å². The summed E-state index contributed by atoms with van der Waals surface area (Å²) in [6, 6.07) is 12.4. The highest BCUT2D eigenvalue weighted by Gasteiger charge is 2.17. The van der Waals surface area contributed by atoms with Gasteiger partial charge in [0, 0.05) is 10.9 Å². The number of para-hydroxylation sites is 1. The number of carbonyl (C=O) groups is 1. The summed E-state index contributed by atoms with van der Waals surface area (Å²) in [5.74, 6) is 7.35. The third-order valence-electron chi connectivity index (χ3n) is 4.61. The fourth-order valence-corrected chi connectivity index (χ4v) is 3.58. The van der Waals surface area contributed by atoms with Crippen LogP contribution in [0.15, 0.2) is 56.5 Å². The van der Waals surface area contributed by atoms with Crippen molar-refractivity contribution in [1.29, 1.82) is 0 Å². The molecule has 0 aliphatic rings. The number of hydrogen-bond acceptors (Lipinski definition) is 10. The van der Waals surface area contributed by atoms with Gasteiger partial charge in [0.1, 0.15) is 5.58 Å². The van der Waals surface area contributed by atoms with Crippen LogP contribution >= 0.6 is 11.8 Å². The minimum Gasteiger partial charge on any atom is -0.493 e. The van der Waals surface area contributed by atoms with Gasteiger partial charge in [0.15, 0.2) is 18.1 Å². The largest absolute Gasteiger partial charge is 0.493 e. The fourth-order valence-electron chi connectivity index (χ4n) is 3.04. The van der Waals surface area contributed by atoms with E-state index >= 15 is 0 Å². The minimum atomic E-state index is -0.565. The Bertz CT molecular complexity index is 1310. The van der Waals surface area contributed by atoms with E-state index in [0.29, 0.717) is 45.3 Å². The lowest BCUT2D eigenvalue weighted by Crippen LogP contribution is -2.03. The maximum absolute atomic E-state index is 12.1. The molecule has 0 N–H and O–H groups in total. The number of hydrogen-bond donors (Lipinski definition) is 0. The Balaban J connectivity index is 1.31. The predicted molar refractivity (Wildman–Crippen MR) is 124 cm³/mol. The molecule has 10 heteroatoms. The van der Waals surface area contributed by atoms with Crippen molar-refractivity contribution in [2.45, 2.75) is 5.22 Å². The molecular formula is C24H20N2O7S. The van der Waals surface area contributed by atoms with Gasteiger partial charge in [-0.2, -0.15) is 0 Å². The average molecular weight is 480 g/mol. The summed E-state index contributed by atoms with van der Waals surface area (Å²) in [6.07, 6.45) is 0. The zero-order chi connectivity index (χ0) is 23.9. The maximum atomic E-state index is 12.1. The molecule has 0 atom stereocenters. The molecule has 0 bridgehead atoms. The predicted octanol–water partition coefficient (Wildman–Crippen LogP) is 4.46. The number of methoxy groups -OCH3 is 3. The van der Waals surface area contributed by atoms with Gasteiger partial charge in [-0.1, -0.05) is 41.8 Å². The molecule has 9 nitrogen and oxygen atoms in total. The molecule has 0 aliphatic heterocycles. The van der Waals surface area contributed by atoms with Crippen LogP contribution in [-0.2, 0) is 4.74 Å². The van der Waals surface area contributed by atoms with Gasteiger partial charge in [-0.15, -0.1) is 10.2 Å². The molecule has 0 saturated heterocycles. The van der Waals surface area contributed by atoms with E-state index in [4.69, 9.17) is 27.8 Å². The van der Waals surface area contributed by atoms with Gasteiger partial charge in [-0.3, -0.25) is 0 Å². The molecule has 4 aromatic rings. The Morgan fingerprint density at radius 3 is 2.44 bits per heavy atom. The third kappa shape index (κ3) is 5.10. The van der Waals surface area contributed by atoms with E-state index in [9.17, 15) is 4.79 Å². The number of carbonyl (C=O) groups excluding carboxylic acids is 1. The molecular weight excluding hydrogens is 460 g/mol. The Morgan fingerprint density at radius 1 is 0.971 bits per heavy atom. The lowest BCUT2D eigenvalue weighted by molar-refractivity contribution is 0.0523. The molecule has 174 valence electrons. The minimum absolute atomic E-state index is 0.0586. The number of thioether (sulfide) groups is 1. The molecule has 2 heterocycles. The molecule has 2 aromatic carbocycles. The second-order valence-electron chi connectivity index (χ2n) is 6.65. The smallest absolute Gasteiger partial charge is 0.375 e. The molecule has 4 rings (SSSR count). The zero-order valence-electron chi connectivity index (χ0n) is 18.6. The van der Waals surface area contributed by atoms with E-state index in [0.717, 1.165) is 5.39 Å². The molecule has 0 saturated carbocycles. The number of fused-ring (bicyclic) bond motifs is 1. The van der Waals surface area contributed by atoms with Crippen molar-refractivity contribution in [3.8, 4) is 40.5 Å². The summed E-state index contributed by atoms with van der Waals surface area (Å²) in [5, 5.41) is 9.27. The van der Waals surface area contributed by atoms with Crippen LogP contribution in [-0.4, -0.2) is 49.9 Å². The first-order valence-electron chi connectivity index (χ1n) is 10.0. The topological polar surface area (TPSA) is 106 Å². The van der Waals surface area contributed by atoms with Gasteiger partial charge in [-0.05, 0) is 24.3 Å². The van der Waals surface area contributed by atoms with E-state index in [1.807, 2.05) is 18.2 Å². The van der Waals surface area contributed by atoms with Crippen molar-refractivity contribution in [3.05, 3.63) is 48.2 Å². The second-order valence-corrected chi connectivity index (χ2v) is 7.58. The summed E-state index contributed by atoms with van der Waals surface area (Å²) in [6.45, 7) is -0.0586. The number of aromatic nitrogens is 2. The van der Waals surface area contributed by atoms with Crippen LogP contribution in [0, 0.1) is 11.8 Å². The Labute approximate surface area is 199 Å². The van der Waals surface area contributed by atoms with Crippen LogP contribution in [0.2, 0.25) is 0 Å². The normalized spacial score (nSPS) is 10.4. The molecule has 0 radical (unpaired) electrons. The molecule has 0 fully saturated rings. The van der Waals surface area contributed by atoms with Crippen molar-refractivity contribution < 1.29 is 32.6 Å². The molecule has 0 spiro atoms. The highest BCUT2D eigenvalue weighted by atomic mass is 32.2. The maximum Gasteiger partial charge on any atom is 0.375 e. The van der Waals surface area contributed by atoms with E-state index < -0.39 is 5.97 Å². The number of nitrogens with zero attached hydrogens (tertiary/aromatic N) is 2. The van der Waals surface area contributed by atoms with Crippen molar-refractivity contribution >= 4 is 28.7 Å². The van der Waals surface area contributed by atoms with E-state index in [1.165, 1.54) is 33.1 Å². The number of ether oxygens (including phenoxy) is 4. The average Bonchev–Trinajstić information content (AvgIpc) is 3.52. The summed E-state index contributed by atoms with van der Waals surface area (Å²) >= 11 is 1.26. The lowest BCUT2D eigenvalue weighted by atomic mass is 10.2. The number of benzene rings is 2. The summed E-state index contributed by atoms with van der Waals surface area (Å²) in [7, 11) is 4.59. The molecule has 2 aromatic heterocycles. The van der Waals surface area contributed by atoms with Crippen molar-refractivity contribution in [1.82, 2.24) is 10.2 Å². The van der Waals surface area contributed by atoms with E-state index in [1.54, 1.807) is 24.3 Å². The van der Waals surface area contributed by atoms with Crippen molar-refractivity contribution in [3.63, 3.8) is 0 Å². The van der Waals surface area contributed by atoms with Crippen LogP contribution in [0.25, 0.3) is 22.4 Å². The lowest BCUT2D eigenvalue weighted by Gasteiger charge is -2.12. The van der Waals surface area contributed by atoms with Crippen LogP contribution in [0.3, 0.4) is 0 Å². The van der Waals surface area contributed by atoms with Crippen LogP contribution in [0.4, 0.5) is 0 Å². The van der Waals surface area contributed by atoms with Crippen LogP contribution < -0.4 is 14.2 Å². The Kier molecular flexibility index (Phi) is 7.25. The van der Waals surface area contributed by atoms with Gasteiger partial charge in [0.2, 0.25) is 17.4 Å². The van der Waals surface area contributed by atoms with Crippen LogP contribution in [0.5, 0.6) is 17.2 Å². The highest BCUT2D eigenvalue weighted by Crippen LogP contribution is 2.41. The van der Waals surface area contributed by atoms with Gasteiger partial charge in [0.05, 0.1) is 27.1 Å². The first kappa shape index (κ1) is 23.1. The molecule has 34 heavy (non-hydrogen) atoms. The second kappa shape index (κ2) is 10.7.